The number of aromatic carboxylic acids is 1. The lowest BCUT2D eigenvalue weighted by atomic mass is 10.1. The van der Waals surface area contributed by atoms with Crippen molar-refractivity contribution in [3.63, 3.8) is 0 Å². The second-order valence-corrected chi connectivity index (χ2v) is 5.99. The highest BCUT2D eigenvalue weighted by Gasteiger charge is 2.12. The SMILES string of the molecule is CC(C)Cc1noc(CSc2ccc(F)c(C(=O)O)c2)n1. The van der Waals surface area contributed by atoms with Crippen molar-refractivity contribution in [2.24, 2.45) is 5.92 Å². The molecule has 112 valence electrons. The van der Waals surface area contributed by atoms with Crippen molar-refractivity contribution < 1.29 is 18.8 Å². The third-order valence-electron chi connectivity index (χ3n) is 2.63. The molecule has 2 aromatic rings. The van der Waals surface area contributed by atoms with Crippen molar-refractivity contribution >= 4 is 17.7 Å². The van der Waals surface area contributed by atoms with Gasteiger partial charge in [0.25, 0.3) is 0 Å². The van der Waals surface area contributed by atoms with E-state index in [2.05, 4.69) is 24.0 Å². The Hall–Kier alpha value is -1.89. The molecule has 0 atom stereocenters. The maximum atomic E-state index is 13.3. The van der Waals surface area contributed by atoms with Gasteiger partial charge in [-0.05, 0) is 24.1 Å². The molecule has 0 fully saturated rings. The zero-order valence-electron chi connectivity index (χ0n) is 11.7. The summed E-state index contributed by atoms with van der Waals surface area (Å²) >= 11 is 1.32. The number of aromatic nitrogens is 2. The van der Waals surface area contributed by atoms with Crippen molar-refractivity contribution in [3.05, 3.63) is 41.3 Å². The van der Waals surface area contributed by atoms with Crippen LogP contribution in [0.3, 0.4) is 0 Å². The Labute approximate surface area is 125 Å². The fourth-order valence-corrected chi connectivity index (χ4v) is 2.47. The minimum Gasteiger partial charge on any atom is -0.478 e. The number of thioether (sulfide) groups is 1. The zero-order valence-corrected chi connectivity index (χ0v) is 12.5. The number of carbonyl (C=O) groups is 1. The van der Waals surface area contributed by atoms with E-state index in [1.54, 1.807) is 0 Å². The first kappa shape index (κ1) is 15.5. The molecule has 0 bridgehead atoms. The molecule has 0 aliphatic carbocycles. The van der Waals surface area contributed by atoms with E-state index in [0.717, 1.165) is 12.5 Å². The smallest absolute Gasteiger partial charge is 0.338 e. The average Bonchev–Trinajstić information content (AvgIpc) is 2.84. The van der Waals surface area contributed by atoms with Gasteiger partial charge < -0.3 is 9.63 Å². The first-order chi connectivity index (χ1) is 9.95. The Morgan fingerprint density at radius 3 is 2.90 bits per heavy atom. The van der Waals surface area contributed by atoms with Crippen molar-refractivity contribution in [2.75, 3.05) is 0 Å². The zero-order chi connectivity index (χ0) is 15.4. The van der Waals surface area contributed by atoms with E-state index in [9.17, 15) is 9.18 Å². The van der Waals surface area contributed by atoms with E-state index in [-0.39, 0.29) is 5.56 Å². The lowest BCUT2D eigenvalue weighted by Crippen LogP contribution is -2.00. The Morgan fingerprint density at radius 2 is 2.24 bits per heavy atom. The Morgan fingerprint density at radius 1 is 1.48 bits per heavy atom. The van der Waals surface area contributed by atoms with Crippen molar-refractivity contribution in [1.82, 2.24) is 10.1 Å². The summed E-state index contributed by atoms with van der Waals surface area (Å²) in [6.45, 7) is 4.13. The fourth-order valence-electron chi connectivity index (χ4n) is 1.70. The molecule has 2 rings (SSSR count). The summed E-state index contributed by atoms with van der Waals surface area (Å²) < 4.78 is 18.4. The highest BCUT2D eigenvalue weighted by Crippen LogP contribution is 2.24. The topological polar surface area (TPSA) is 76.2 Å². The lowest BCUT2D eigenvalue weighted by Gasteiger charge is -2.02. The molecule has 0 saturated heterocycles. The van der Waals surface area contributed by atoms with E-state index in [0.29, 0.717) is 28.3 Å². The normalized spacial score (nSPS) is 11.0. The van der Waals surface area contributed by atoms with Gasteiger partial charge in [-0.2, -0.15) is 4.98 Å². The number of benzene rings is 1. The quantitative estimate of drug-likeness (QED) is 0.824. The highest BCUT2D eigenvalue weighted by atomic mass is 32.2. The van der Waals surface area contributed by atoms with Gasteiger partial charge in [0.1, 0.15) is 5.82 Å². The predicted molar refractivity (Wildman–Crippen MR) is 75.8 cm³/mol. The molecule has 0 aliphatic heterocycles. The molecule has 0 amide bonds. The van der Waals surface area contributed by atoms with Crippen LogP contribution in [0.1, 0.15) is 35.9 Å². The fraction of sp³-hybridized carbons (Fsp3) is 0.357. The van der Waals surface area contributed by atoms with Crippen molar-refractivity contribution in [2.45, 2.75) is 30.9 Å². The maximum Gasteiger partial charge on any atom is 0.338 e. The molecule has 1 aromatic heterocycles. The van der Waals surface area contributed by atoms with Gasteiger partial charge in [0.2, 0.25) is 5.89 Å². The minimum absolute atomic E-state index is 0.342. The van der Waals surface area contributed by atoms with Crippen LogP contribution < -0.4 is 0 Å². The van der Waals surface area contributed by atoms with Crippen molar-refractivity contribution in [3.8, 4) is 0 Å². The molecule has 0 aliphatic rings. The first-order valence-electron chi connectivity index (χ1n) is 6.43. The Bertz CT molecular complexity index is 643. The van der Waals surface area contributed by atoms with Crippen LogP contribution in [-0.2, 0) is 12.2 Å². The molecule has 21 heavy (non-hydrogen) atoms. The van der Waals surface area contributed by atoms with Crippen LogP contribution in [0.15, 0.2) is 27.6 Å². The lowest BCUT2D eigenvalue weighted by molar-refractivity contribution is 0.0691. The molecule has 1 N–H and O–H groups in total. The first-order valence-corrected chi connectivity index (χ1v) is 7.41. The molecule has 0 unspecified atom stereocenters. The summed E-state index contributed by atoms with van der Waals surface area (Å²) in [5.74, 6) is -0.0487. The number of rotatable bonds is 6. The van der Waals surface area contributed by atoms with Crippen LogP contribution >= 0.6 is 11.8 Å². The van der Waals surface area contributed by atoms with Gasteiger partial charge >= 0.3 is 5.97 Å². The van der Waals surface area contributed by atoms with Gasteiger partial charge in [0.15, 0.2) is 5.82 Å². The largest absolute Gasteiger partial charge is 0.478 e. The average molecular weight is 310 g/mol. The van der Waals surface area contributed by atoms with Crippen LogP contribution in [0.2, 0.25) is 0 Å². The van der Waals surface area contributed by atoms with Crippen LogP contribution in [0.5, 0.6) is 0 Å². The second kappa shape index (κ2) is 6.71. The van der Waals surface area contributed by atoms with E-state index in [4.69, 9.17) is 9.63 Å². The number of hydrogen-bond donors (Lipinski definition) is 1. The molecular weight excluding hydrogens is 295 g/mol. The van der Waals surface area contributed by atoms with E-state index < -0.39 is 11.8 Å². The monoisotopic (exact) mass is 310 g/mol. The third-order valence-corrected chi connectivity index (χ3v) is 3.61. The number of halogens is 1. The molecule has 1 heterocycles. The molecular formula is C14H15FN2O3S. The second-order valence-electron chi connectivity index (χ2n) is 4.94. The number of carboxylic acids is 1. The molecule has 7 heteroatoms. The summed E-state index contributed by atoms with van der Waals surface area (Å²) in [5, 5.41) is 12.7. The summed E-state index contributed by atoms with van der Waals surface area (Å²) in [5.41, 5.74) is -0.342. The van der Waals surface area contributed by atoms with Crippen LogP contribution in [0, 0.1) is 11.7 Å². The third kappa shape index (κ3) is 4.29. The number of carboxylic acid groups (broad SMARTS) is 1. The summed E-state index contributed by atoms with van der Waals surface area (Å²) in [6.07, 6.45) is 0.744. The van der Waals surface area contributed by atoms with Crippen LogP contribution in [0.4, 0.5) is 4.39 Å². The molecule has 0 saturated carbocycles. The van der Waals surface area contributed by atoms with E-state index in [1.807, 2.05) is 0 Å². The van der Waals surface area contributed by atoms with Gasteiger partial charge in [-0.15, -0.1) is 11.8 Å². The molecule has 0 spiro atoms. The van der Waals surface area contributed by atoms with Gasteiger partial charge in [-0.3, -0.25) is 0 Å². The minimum atomic E-state index is -1.29. The summed E-state index contributed by atoms with van der Waals surface area (Å²) in [4.78, 5) is 15.8. The van der Waals surface area contributed by atoms with Gasteiger partial charge in [-0.1, -0.05) is 19.0 Å². The number of nitrogens with zero attached hydrogens (tertiary/aromatic N) is 2. The van der Waals surface area contributed by atoms with Gasteiger partial charge in [0.05, 0.1) is 11.3 Å². The predicted octanol–water partition coefficient (Wildman–Crippen LogP) is 3.40. The summed E-state index contributed by atoms with van der Waals surface area (Å²) in [6, 6.07) is 3.97. The maximum absolute atomic E-state index is 13.3. The standard InChI is InChI=1S/C14H15FN2O3S/c1-8(2)5-12-16-13(20-17-12)7-21-9-3-4-11(15)10(6-9)14(18)19/h3-4,6,8H,5,7H2,1-2H3,(H,18,19). The van der Waals surface area contributed by atoms with E-state index >= 15 is 0 Å². The summed E-state index contributed by atoms with van der Waals surface area (Å²) in [7, 11) is 0. The highest BCUT2D eigenvalue weighted by molar-refractivity contribution is 7.98. The van der Waals surface area contributed by atoms with Gasteiger partial charge in [0, 0.05) is 11.3 Å². The molecule has 5 nitrogen and oxygen atoms in total. The Balaban J connectivity index is 2.01. The van der Waals surface area contributed by atoms with E-state index in [1.165, 1.54) is 23.9 Å². The van der Waals surface area contributed by atoms with Crippen LogP contribution in [-0.4, -0.2) is 21.2 Å². The Kier molecular flexibility index (Phi) is 4.95. The van der Waals surface area contributed by atoms with Crippen LogP contribution in [0.25, 0.3) is 0 Å². The van der Waals surface area contributed by atoms with Gasteiger partial charge in [-0.25, -0.2) is 9.18 Å². The molecule has 1 aromatic carbocycles. The number of hydrogen-bond acceptors (Lipinski definition) is 5. The molecule has 0 radical (unpaired) electrons. The van der Waals surface area contributed by atoms with Crippen molar-refractivity contribution in [1.29, 1.82) is 0 Å².